The van der Waals surface area contributed by atoms with Crippen molar-refractivity contribution in [3.63, 3.8) is 0 Å². The molecule has 2 aromatic rings. The van der Waals surface area contributed by atoms with E-state index >= 15 is 0 Å². The van der Waals surface area contributed by atoms with E-state index in [9.17, 15) is 0 Å². The van der Waals surface area contributed by atoms with Gasteiger partial charge >= 0.3 is 0 Å². The predicted molar refractivity (Wildman–Crippen MR) is 66.5 cm³/mol. The van der Waals surface area contributed by atoms with Gasteiger partial charge in [-0.3, -0.25) is 0 Å². The summed E-state index contributed by atoms with van der Waals surface area (Å²) in [7, 11) is 0. The van der Waals surface area contributed by atoms with Gasteiger partial charge in [-0.25, -0.2) is 9.97 Å². The van der Waals surface area contributed by atoms with Crippen LogP contribution in [0.2, 0.25) is 0 Å². The van der Waals surface area contributed by atoms with E-state index in [0.29, 0.717) is 5.95 Å². The van der Waals surface area contributed by atoms with Crippen LogP contribution >= 0.6 is 11.8 Å². The van der Waals surface area contributed by atoms with E-state index in [4.69, 9.17) is 5.73 Å². The largest absolute Gasteiger partial charge is 0.368 e. The molecule has 2 heterocycles. The number of hydrogen-bond donors (Lipinski definition) is 1. The van der Waals surface area contributed by atoms with Crippen molar-refractivity contribution in [2.24, 2.45) is 0 Å². The Balaban J connectivity index is 2.77. The molecule has 0 aliphatic carbocycles. The van der Waals surface area contributed by atoms with Crippen molar-refractivity contribution >= 4 is 28.9 Å². The zero-order valence-corrected chi connectivity index (χ0v) is 10.7. The van der Waals surface area contributed by atoms with Gasteiger partial charge < -0.3 is 10.3 Å². The monoisotopic (exact) mass is 237 g/mol. The molecule has 0 unspecified atom stereocenters. The van der Waals surface area contributed by atoms with E-state index in [2.05, 4.69) is 35.7 Å². The smallest absolute Gasteiger partial charge is 0.223 e. The summed E-state index contributed by atoms with van der Waals surface area (Å²) in [6.45, 7) is 6.31. The van der Waals surface area contributed by atoms with Gasteiger partial charge in [0.15, 0.2) is 5.65 Å². The predicted octanol–water partition coefficient (Wildman–Crippen LogP) is 1.89. The van der Waals surface area contributed by atoms with Crippen LogP contribution in [0.25, 0.3) is 11.2 Å². The van der Waals surface area contributed by atoms with Crippen molar-refractivity contribution in [3.05, 3.63) is 6.33 Å². The maximum atomic E-state index is 5.69. The highest BCUT2D eigenvalue weighted by Crippen LogP contribution is 2.26. The van der Waals surface area contributed by atoms with Gasteiger partial charge in [0.2, 0.25) is 5.95 Å². The lowest BCUT2D eigenvalue weighted by Gasteiger charge is -2.20. The third-order valence-electron chi connectivity index (χ3n) is 2.30. The maximum absolute atomic E-state index is 5.69. The second-order valence-corrected chi connectivity index (χ2v) is 5.34. The second kappa shape index (κ2) is 3.62. The van der Waals surface area contributed by atoms with Crippen LogP contribution in [-0.2, 0) is 5.54 Å². The Labute approximate surface area is 98.5 Å². The molecule has 5 nitrogen and oxygen atoms in total. The average Bonchev–Trinajstić information content (AvgIpc) is 2.58. The molecule has 0 radical (unpaired) electrons. The number of hydrogen-bond acceptors (Lipinski definition) is 5. The fraction of sp³-hybridized carbons (Fsp3) is 0.500. The standard InChI is InChI=1S/C10H15N5S/c1-10(2,3)15-5-12-6-7(15)13-9(11)14-8(6)16-4/h5H,1-4H3,(H2,11,13,14). The lowest BCUT2D eigenvalue weighted by atomic mass is 10.1. The molecular weight excluding hydrogens is 222 g/mol. The van der Waals surface area contributed by atoms with E-state index in [1.54, 1.807) is 6.33 Å². The van der Waals surface area contributed by atoms with Crippen molar-refractivity contribution in [1.29, 1.82) is 0 Å². The highest BCUT2D eigenvalue weighted by Gasteiger charge is 2.19. The summed E-state index contributed by atoms with van der Waals surface area (Å²) in [6.07, 6.45) is 3.75. The van der Waals surface area contributed by atoms with Gasteiger partial charge in [-0.2, -0.15) is 4.98 Å². The molecule has 0 aliphatic rings. The third kappa shape index (κ3) is 1.73. The SMILES string of the molecule is CSc1nc(N)nc2c1ncn2C(C)(C)C. The number of nitrogens with two attached hydrogens (primary N) is 1. The van der Waals surface area contributed by atoms with Crippen LogP contribution in [0.5, 0.6) is 0 Å². The topological polar surface area (TPSA) is 69.6 Å². The van der Waals surface area contributed by atoms with Gasteiger partial charge in [0.25, 0.3) is 0 Å². The minimum atomic E-state index is -0.0643. The highest BCUT2D eigenvalue weighted by atomic mass is 32.2. The first kappa shape index (κ1) is 11.2. The Morgan fingerprint density at radius 3 is 2.56 bits per heavy atom. The summed E-state index contributed by atoms with van der Waals surface area (Å²) in [5.74, 6) is 0.294. The first-order valence-corrected chi connectivity index (χ1v) is 6.21. The first-order valence-electron chi connectivity index (χ1n) is 4.98. The summed E-state index contributed by atoms with van der Waals surface area (Å²) in [6, 6.07) is 0. The number of nitrogen functional groups attached to an aromatic ring is 1. The van der Waals surface area contributed by atoms with Gasteiger partial charge in [0.05, 0.1) is 6.33 Å². The molecule has 0 bridgehead atoms. The molecule has 2 rings (SSSR count). The number of anilines is 1. The van der Waals surface area contributed by atoms with Crippen molar-refractivity contribution in [3.8, 4) is 0 Å². The van der Waals surface area contributed by atoms with Crippen LogP contribution in [0.1, 0.15) is 20.8 Å². The van der Waals surface area contributed by atoms with Gasteiger partial charge in [-0.1, -0.05) is 0 Å². The minimum Gasteiger partial charge on any atom is -0.368 e. The van der Waals surface area contributed by atoms with Crippen LogP contribution < -0.4 is 5.73 Å². The highest BCUT2D eigenvalue weighted by molar-refractivity contribution is 7.98. The molecule has 0 atom stereocenters. The molecule has 0 fully saturated rings. The Morgan fingerprint density at radius 1 is 1.31 bits per heavy atom. The van der Waals surface area contributed by atoms with Crippen LogP contribution in [0.3, 0.4) is 0 Å². The van der Waals surface area contributed by atoms with Crippen molar-refractivity contribution in [2.45, 2.75) is 31.3 Å². The van der Waals surface area contributed by atoms with Gasteiger partial charge in [-0.15, -0.1) is 11.8 Å². The van der Waals surface area contributed by atoms with Crippen LogP contribution in [0.15, 0.2) is 11.4 Å². The summed E-state index contributed by atoms with van der Waals surface area (Å²) >= 11 is 1.53. The molecule has 0 spiro atoms. The van der Waals surface area contributed by atoms with Crippen LogP contribution in [0.4, 0.5) is 5.95 Å². The second-order valence-electron chi connectivity index (χ2n) is 4.55. The summed E-state index contributed by atoms with van der Waals surface area (Å²) in [4.78, 5) is 12.8. The normalized spacial score (nSPS) is 12.2. The number of fused-ring (bicyclic) bond motifs is 1. The summed E-state index contributed by atoms with van der Waals surface area (Å²) in [5, 5.41) is 0.825. The zero-order chi connectivity index (χ0) is 11.9. The number of thioether (sulfide) groups is 1. The first-order chi connectivity index (χ1) is 7.43. The molecule has 0 aliphatic heterocycles. The maximum Gasteiger partial charge on any atom is 0.223 e. The van der Waals surface area contributed by atoms with E-state index in [1.807, 2.05) is 10.8 Å². The van der Waals surface area contributed by atoms with Crippen LogP contribution in [0, 0.1) is 0 Å². The van der Waals surface area contributed by atoms with Crippen molar-refractivity contribution in [1.82, 2.24) is 19.5 Å². The Bertz CT molecular complexity index is 526. The zero-order valence-electron chi connectivity index (χ0n) is 9.85. The number of imidazole rings is 1. The van der Waals surface area contributed by atoms with E-state index in [0.717, 1.165) is 16.2 Å². The number of nitrogens with zero attached hydrogens (tertiary/aromatic N) is 4. The van der Waals surface area contributed by atoms with Crippen LogP contribution in [-0.4, -0.2) is 25.8 Å². The molecule has 2 N–H and O–H groups in total. The molecule has 0 amide bonds. The fourth-order valence-electron chi connectivity index (χ4n) is 1.52. The molecule has 86 valence electrons. The fourth-order valence-corrected chi connectivity index (χ4v) is 2.05. The third-order valence-corrected chi connectivity index (χ3v) is 2.97. The van der Waals surface area contributed by atoms with E-state index < -0.39 is 0 Å². The molecule has 2 aromatic heterocycles. The van der Waals surface area contributed by atoms with Crippen molar-refractivity contribution in [2.75, 3.05) is 12.0 Å². The molecule has 16 heavy (non-hydrogen) atoms. The van der Waals surface area contributed by atoms with E-state index in [-0.39, 0.29) is 5.54 Å². The van der Waals surface area contributed by atoms with Crippen molar-refractivity contribution < 1.29 is 0 Å². The lowest BCUT2D eigenvalue weighted by molar-refractivity contribution is 0.406. The molecule has 0 saturated heterocycles. The Hall–Kier alpha value is -1.30. The molecule has 0 saturated carbocycles. The van der Waals surface area contributed by atoms with E-state index in [1.165, 1.54) is 11.8 Å². The quantitative estimate of drug-likeness (QED) is 0.606. The molecular formula is C10H15N5S. The van der Waals surface area contributed by atoms with Gasteiger partial charge in [0.1, 0.15) is 10.5 Å². The van der Waals surface area contributed by atoms with Gasteiger partial charge in [0, 0.05) is 5.54 Å². The van der Waals surface area contributed by atoms with Gasteiger partial charge in [-0.05, 0) is 27.0 Å². The number of rotatable bonds is 1. The minimum absolute atomic E-state index is 0.0643. The number of aromatic nitrogens is 4. The Morgan fingerprint density at radius 2 is 2.00 bits per heavy atom. The average molecular weight is 237 g/mol. The molecule has 0 aromatic carbocycles. The summed E-state index contributed by atoms with van der Waals surface area (Å²) < 4.78 is 2.01. The summed E-state index contributed by atoms with van der Waals surface area (Å²) in [5.41, 5.74) is 7.24. The Kier molecular flexibility index (Phi) is 2.53. The lowest BCUT2D eigenvalue weighted by Crippen LogP contribution is -2.21. The molecule has 6 heteroatoms.